The Hall–Kier alpha value is -1.09. The van der Waals surface area contributed by atoms with E-state index in [9.17, 15) is 4.79 Å². The highest BCUT2D eigenvalue weighted by Crippen LogP contribution is 2.51. The van der Waals surface area contributed by atoms with Gasteiger partial charge in [0.2, 0.25) is 0 Å². The number of hydrogen-bond donors (Lipinski definition) is 0. The summed E-state index contributed by atoms with van der Waals surface area (Å²) in [7, 11) is 0. The van der Waals surface area contributed by atoms with Crippen LogP contribution in [0.1, 0.15) is 43.0 Å². The molecule has 1 aromatic rings. The van der Waals surface area contributed by atoms with Crippen molar-refractivity contribution in [3.63, 3.8) is 0 Å². The number of amides is 1. The van der Waals surface area contributed by atoms with Crippen LogP contribution in [0.15, 0.2) is 18.3 Å². The van der Waals surface area contributed by atoms with Gasteiger partial charge in [0.15, 0.2) is 0 Å². The van der Waals surface area contributed by atoms with Crippen LogP contribution in [0.5, 0.6) is 0 Å². The van der Waals surface area contributed by atoms with Crippen LogP contribution in [0.3, 0.4) is 0 Å². The zero-order chi connectivity index (χ0) is 13.5. The van der Waals surface area contributed by atoms with E-state index in [0.717, 1.165) is 25.4 Å². The van der Waals surface area contributed by atoms with E-state index in [1.54, 1.807) is 18.3 Å². The zero-order valence-electron chi connectivity index (χ0n) is 11.2. The van der Waals surface area contributed by atoms with Crippen LogP contribution in [0.4, 0.5) is 0 Å². The molecule has 1 saturated carbocycles. The minimum atomic E-state index is 0.0995. The second-order valence-electron chi connectivity index (χ2n) is 6.00. The number of carbonyl (C=O) groups excluding carboxylic acids is 1. The van der Waals surface area contributed by atoms with Gasteiger partial charge in [-0.15, -0.1) is 0 Å². The monoisotopic (exact) mass is 278 g/mol. The van der Waals surface area contributed by atoms with E-state index >= 15 is 0 Å². The molecule has 1 aromatic heterocycles. The minimum absolute atomic E-state index is 0.0995. The van der Waals surface area contributed by atoms with Crippen LogP contribution in [0, 0.1) is 11.3 Å². The molecule has 1 amide bonds. The Bertz CT molecular complexity index is 499. The van der Waals surface area contributed by atoms with Crippen LogP contribution >= 0.6 is 11.6 Å². The minimum Gasteiger partial charge on any atom is -0.338 e. The van der Waals surface area contributed by atoms with Crippen LogP contribution in [0.25, 0.3) is 0 Å². The maximum Gasteiger partial charge on any atom is 0.254 e. The lowest BCUT2D eigenvalue weighted by molar-refractivity contribution is -0.0208. The fourth-order valence-electron chi connectivity index (χ4n) is 3.44. The third kappa shape index (κ3) is 2.25. The standard InChI is InChI=1S/C15H19ClN2O/c1-11-4-8-18(10-15(11)5-2-6-15)14(19)12-3-7-17-13(16)9-12/h3,7,9,11H,2,4-6,8,10H2,1H3. The number of nitrogens with zero attached hydrogens (tertiary/aromatic N) is 2. The van der Waals surface area contributed by atoms with E-state index in [4.69, 9.17) is 11.6 Å². The second kappa shape index (κ2) is 4.78. The Labute approximate surface area is 119 Å². The van der Waals surface area contributed by atoms with Gasteiger partial charge in [-0.1, -0.05) is 24.9 Å². The Balaban J connectivity index is 1.77. The number of pyridine rings is 1. The summed E-state index contributed by atoms with van der Waals surface area (Å²) in [5, 5.41) is 0.384. The van der Waals surface area contributed by atoms with E-state index in [1.165, 1.54) is 19.3 Å². The fraction of sp³-hybridized carbons (Fsp3) is 0.600. The van der Waals surface area contributed by atoms with E-state index in [1.807, 2.05) is 4.90 Å². The van der Waals surface area contributed by atoms with Crippen LogP contribution in [-0.4, -0.2) is 28.9 Å². The topological polar surface area (TPSA) is 33.2 Å². The third-order valence-electron chi connectivity index (χ3n) is 4.99. The molecule has 1 saturated heterocycles. The van der Waals surface area contributed by atoms with Gasteiger partial charge < -0.3 is 4.90 Å². The molecule has 1 spiro atoms. The molecule has 1 unspecified atom stereocenters. The lowest BCUT2D eigenvalue weighted by atomic mass is 9.59. The first kappa shape index (κ1) is 12.9. The van der Waals surface area contributed by atoms with Crippen molar-refractivity contribution >= 4 is 17.5 Å². The second-order valence-corrected chi connectivity index (χ2v) is 6.39. The Morgan fingerprint density at radius 1 is 1.53 bits per heavy atom. The summed E-state index contributed by atoms with van der Waals surface area (Å²) in [5.41, 5.74) is 1.05. The first-order valence-corrected chi connectivity index (χ1v) is 7.39. The molecular formula is C15H19ClN2O. The molecule has 0 radical (unpaired) electrons. The maximum atomic E-state index is 12.5. The molecule has 1 aliphatic carbocycles. The first-order chi connectivity index (χ1) is 9.11. The summed E-state index contributed by atoms with van der Waals surface area (Å²) >= 11 is 5.86. The summed E-state index contributed by atoms with van der Waals surface area (Å²) in [4.78, 5) is 18.5. The fourth-order valence-corrected chi connectivity index (χ4v) is 3.62. The first-order valence-electron chi connectivity index (χ1n) is 7.02. The van der Waals surface area contributed by atoms with Gasteiger partial charge in [0.05, 0.1) is 0 Å². The van der Waals surface area contributed by atoms with Gasteiger partial charge in [0.1, 0.15) is 5.15 Å². The molecule has 2 heterocycles. The molecule has 0 bridgehead atoms. The summed E-state index contributed by atoms with van der Waals surface area (Å²) in [6.07, 6.45) is 6.57. The van der Waals surface area contributed by atoms with Crippen molar-refractivity contribution < 1.29 is 4.79 Å². The summed E-state index contributed by atoms with van der Waals surface area (Å²) in [6.45, 7) is 4.11. The van der Waals surface area contributed by atoms with Crippen molar-refractivity contribution in [2.24, 2.45) is 11.3 Å². The van der Waals surface area contributed by atoms with Gasteiger partial charge in [-0.05, 0) is 42.7 Å². The quantitative estimate of drug-likeness (QED) is 0.738. The van der Waals surface area contributed by atoms with E-state index < -0.39 is 0 Å². The van der Waals surface area contributed by atoms with Gasteiger partial charge in [0, 0.05) is 24.8 Å². The van der Waals surface area contributed by atoms with Gasteiger partial charge in [-0.3, -0.25) is 4.79 Å². The molecule has 102 valence electrons. The van der Waals surface area contributed by atoms with Gasteiger partial charge >= 0.3 is 0 Å². The van der Waals surface area contributed by atoms with Gasteiger partial charge in [-0.2, -0.15) is 0 Å². The van der Waals surface area contributed by atoms with Gasteiger partial charge in [-0.25, -0.2) is 4.98 Å². The molecular weight excluding hydrogens is 260 g/mol. The van der Waals surface area contributed by atoms with Crippen molar-refractivity contribution in [2.45, 2.75) is 32.6 Å². The molecule has 3 nitrogen and oxygen atoms in total. The molecule has 2 fully saturated rings. The summed E-state index contributed by atoms with van der Waals surface area (Å²) in [6, 6.07) is 3.41. The van der Waals surface area contributed by atoms with E-state index in [0.29, 0.717) is 16.1 Å². The molecule has 1 aliphatic heterocycles. The number of aromatic nitrogens is 1. The van der Waals surface area contributed by atoms with E-state index in [2.05, 4.69) is 11.9 Å². The number of piperidine rings is 1. The maximum absolute atomic E-state index is 12.5. The number of likely N-dealkylation sites (tertiary alicyclic amines) is 1. The highest BCUT2D eigenvalue weighted by molar-refractivity contribution is 6.29. The highest BCUT2D eigenvalue weighted by atomic mass is 35.5. The highest BCUT2D eigenvalue weighted by Gasteiger charge is 2.46. The SMILES string of the molecule is CC1CCN(C(=O)c2ccnc(Cl)c2)CC12CCC2. The van der Waals surface area contributed by atoms with Crippen molar-refractivity contribution in [3.8, 4) is 0 Å². The smallest absolute Gasteiger partial charge is 0.254 e. The molecule has 2 aliphatic rings. The number of halogens is 1. The molecule has 0 aromatic carbocycles. The summed E-state index contributed by atoms with van der Waals surface area (Å²) in [5.74, 6) is 0.841. The molecule has 1 atom stereocenters. The zero-order valence-corrected chi connectivity index (χ0v) is 12.0. The van der Waals surface area contributed by atoms with Crippen LogP contribution < -0.4 is 0 Å². The average Bonchev–Trinajstić information content (AvgIpc) is 2.36. The lowest BCUT2D eigenvalue weighted by Crippen LogP contribution is -2.53. The van der Waals surface area contributed by atoms with Crippen molar-refractivity contribution in [1.82, 2.24) is 9.88 Å². The molecule has 0 N–H and O–H groups in total. The summed E-state index contributed by atoms with van der Waals surface area (Å²) < 4.78 is 0. The van der Waals surface area contributed by atoms with Crippen LogP contribution in [0.2, 0.25) is 5.15 Å². The van der Waals surface area contributed by atoms with Crippen LogP contribution in [-0.2, 0) is 0 Å². The normalized spacial score (nSPS) is 25.2. The third-order valence-corrected chi connectivity index (χ3v) is 5.20. The Morgan fingerprint density at radius 3 is 2.95 bits per heavy atom. The predicted molar refractivity (Wildman–Crippen MR) is 75.2 cm³/mol. The lowest BCUT2D eigenvalue weighted by Gasteiger charge is -2.53. The molecule has 19 heavy (non-hydrogen) atoms. The van der Waals surface area contributed by atoms with E-state index in [-0.39, 0.29) is 5.91 Å². The number of hydrogen-bond acceptors (Lipinski definition) is 2. The Morgan fingerprint density at radius 2 is 2.32 bits per heavy atom. The van der Waals surface area contributed by atoms with Crippen molar-refractivity contribution in [3.05, 3.63) is 29.0 Å². The van der Waals surface area contributed by atoms with Crippen molar-refractivity contribution in [2.75, 3.05) is 13.1 Å². The number of rotatable bonds is 1. The predicted octanol–water partition coefficient (Wildman–Crippen LogP) is 3.39. The Kier molecular flexibility index (Phi) is 3.25. The number of carbonyl (C=O) groups is 1. The molecule has 3 rings (SSSR count). The average molecular weight is 279 g/mol. The van der Waals surface area contributed by atoms with Gasteiger partial charge in [0.25, 0.3) is 5.91 Å². The molecule has 4 heteroatoms. The van der Waals surface area contributed by atoms with Crippen molar-refractivity contribution in [1.29, 1.82) is 0 Å². The largest absolute Gasteiger partial charge is 0.338 e.